The summed E-state index contributed by atoms with van der Waals surface area (Å²) < 4.78 is 0. The average molecular weight is 150 g/mol. The van der Waals surface area contributed by atoms with Crippen LogP contribution >= 0.6 is 0 Å². The van der Waals surface area contributed by atoms with Crippen molar-refractivity contribution < 1.29 is 0 Å². The van der Waals surface area contributed by atoms with E-state index in [1.165, 1.54) is 24.8 Å². The third-order valence-electron chi connectivity index (χ3n) is 2.10. The first-order chi connectivity index (χ1) is 5.14. The molecule has 1 aliphatic carbocycles. The van der Waals surface area contributed by atoms with Crippen molar-refractivity contribution >= 4 is 0 Å². The van der Waals surface area contributed by atoms with Gasteiger partial charge in [-0.2, -0.15) is 0 Å². The molecule has 0 spiro atoms. The molecule has 0 aromatic heterocycles. The quantitative estimate of drug-likeness (QED) is 0.575. The maximum Gasteiger partial charge on any atom is 0.00134 e. The predicted octanol–water partition coefficient (Wildman–Crippen LogP) is 3.70. The van der Waals surface area contributed by atoms with Crippen LogP contribution < -0.4 is 0 Å². The van der Waals surface area contributed by atoms with Gasteiger partial charge < -0.3 is 0 Å². The van der Waals surface area contributed by atoms with Gasteiger partial charge in [-0.15, -0.1) is 0 Å². The van der Waals surface area contributed by atoms with E-state index in [2.05, 4.69) is 39.0 Å². The maximum absolute atomic E-state index is 2.38. The van der Waals surface area contributed by atoms with Crippen LogP contribution in [0.2, 0.25) is 0 Å². The highest BCUT2D eigenvalue weighted by Gasteiger charge is 2.15. The van der Waals surface area contributed by atoms with Crippen LogP contribution in [0.5, 0.6) is 0 Å². The van der Waals surface area contributed by atoms with Crippen molar-refractivity contribution in [1.29, 1.82) is 0 Å². The zero-order valence-electron chi connectivity index (χ0n) is 7.85. The van der Waals surface area contributed by atoms with Gasteiger partial charge >= 0.3 is 0 Å². The van der Waals surface area contributed by atoms with Crippen LogP contribution in [0.3, 0.4) is 0 Å². The van der Waals surface area contributed by atoms with Crippen molar-refractivity contribution in [3.63, 3.8) is 0 Å². The van der Waals surface area contributed by atoms with Crippen molar-refractivity contribution in [1.82, 2.24) is 0 Å². The van der Waals surface area contributed by atoms with Crippen molar-refractivity contribution in [3.8, 4) is 0 Å². The first kappa shape index (κ1) is 8.58. The molecule has 1 rings (SSSR count). The fourth-order valence-electron chi connectivity index (χ4n) is 1.43. The molecule has 0 fully saturated rings. The molecule has 0 nitrogen and oxygen atoms in total. The second-order valence-corrected chi connectivity index (χ2v) is 3.98. The van der Waals surface area contributed by atoms with Crippen LogP contribution in [0.4, 0.5) is 0 Å². The second kappa shape index (κ2) is 3.25. The molecule has 62 valence electrons. The van der Waals surface area contributed by atoms with E-state index < -0.39 is 0 Å². The van der Waals surface area contributed by atoms with E-state index in [1.807, 2.05) is 0 Å². The normalized spacial score (nSPS) is 20.5. The lowest BCUT2D eigenvalue weighted by atomic mass is 9.96. The molecule has 0 radical (unpaired) electrons. The van der Waals surface area contributed by atoms with Gasteiger partial charge in [0.25, 0.3) is 0 Å². The molecular formula is C11H18. The molecule has 0 aromatic carbocycles. The Kier molecular flexibility index (Phi) is 2.53. The number of hydrogen-bond acceptors (Lipinski definition) is 0. The van der Waals surface area contributed by atoms with Gasteiger partial charge in [0.15, 0.2) is 0 Å². The highest BCUT2D eigenvalue weighted by atomic mass is 14.2. The third kappa shape index (κ3) is 2.53. The summed E-state index contributed by atoms with van der Waals surface area (Å²) in [6.45, 7) is 6.75. The van der Waals surface area contributed by atoms with Gasteiger partial charge in [0.05, 0.1) is 0 Å². The van der Waals surface area contributed by atoms with Gasteiger partial charge in [-0.1, -0.05) is 51.0 Å². The average Bonchev–Trinajstić information content (AvgIpc) is 2.26. The fraction of sp³-hybridized carbons (Fsp3) is 0.636. The van der Waals surface area contributed by atoms with Gasteiger partial charge in [-0.05, 0) is 12.8 Å². The Labute approximate surface area is 70.0 Å². The Bertz CT molecular complexity index is 182. The van der Waals surface area contributed by atoms with E-state index in [0.717, 1.165) is 0 Å². The zero-order valence-corrected chi connectivity index (χ0v) is 7.85. The Balaban J connectivity index is 2.44. The highest BCUT2D eigenvalue weighted by Crippen LogP contribution is 2.29. The Morgan fingerprint density at radius 3 is 2.55 bits per heavy atom. The summed E-state index contributed by atoms with van der Waals surface area (Å²) >= 11 is 0. The number of rotatable bonds is 3. The molecule has 0 saturated heterocycles. The Morgan fingerprint density at radius 2 is 2.09 bits per heavy atom. The molecule has 0 N–H and O–H groups in total. The summed E-state index contributed by atoms with van der Waals surface area (Å²) in [5.74, 6) is 0. The lowest BCUT2D eigenvalue weighted by molar-refractivity contribution is 0.632. The second-order valence-electron chi connectivity index (χ2n) is 3.98. The van der Waals surface area contributed by atoms with Gasteiger partial charge in [0.2, 0.25) is 0 Å². The number of unbranched alkanes of at least 4 members (excludes halogenated alkanes) is 1. The summed E-state index contributed by atoms with van der Waals surface area (Å²) in [6.07, 6.45) is 10.8. The van der Waals surface area contributed by atoms with E-state index in [9.17, 15) is 0 Å². The molecule has 11 heavy (non-hydrogen) atoms. The molecule has 0 aromatic rings. The minimum absolute atomic E-state index is 0.322. The molecule has 0 unspecified atom stereocenters. The van der Waals surface area contributed by atoms with Crippen molar-refractivity contribution in [2.24, 2.45) is 5.41 Å². The topological polar surface area (TPSA) is 0 Å². The fourth-order valence-corrected chi connectivity index (χ4v) is 1.43. The van der Waals surface area contributed by atoms with E-state index >= 15 is 0 Å². The molecule has 0 bridgehead atoms. The molecule has 0 atom stereocenters. The van der Waals surface area contributed by atoms with Crippen molar-refractivity contribution in [2.45, 2.75) is 40.0 Å². The van der Waals surface area contributed by atoms with Gasteiger partial charge in [-0.25, -0.2) is 0 Å². The minimum Gasteiger partial charge on any atom is -0.0748 e. The van der Waals surface area contributed by atoms with Gasteiger partial charge in [-0.3, -0.25) is 0 Å². The number of allylic oxidation sites excluding steroid dienone is 4. The van der Waals surface area contributed by atoms with E-state index in [4.69, 9.17) is 0 Å². The molecule has 0 aliphatic heterocycles. The molecule has 0 heterocycles. The predicted molar refractivity (Wildman–Crippen MR) is 50.5 cm³/mol. The smallest absolute Gasteiger partial charge is 0.00134 e. The first-order valence-electron chi connectivity index (χ1n) is 4.55. The molecule has 0 saturated carbocycles. The van der Waals surface area contributed by atoms with Crippen LogP contribution in [0.1, 0.15) is 40.0 Å². The van der Waals surface area contributed by atoms with E-state index in [0.29, 0.717) is 5.41 Å². The van der Waals surface area contributed by atoms with Crippen LogP contribution in [0, 0.1) is 5.41 Å². The van der Waals surface area contributed by atoms with Crippen LogP contribution in [-0.4, -0.2) is 0 Å². The van der Waals surface area contributed by atoms with Gasteiger partial charge in [0.1, 0.15) is 0 Å². The molecule has 1 aliphatic rings. The van der Waals surface area contributed by atoms with Crippen LogP contribution in [-0.2, 0) is 0 Å². The van der Waals surface area contributed by atoms with Crippen molar-refractivity contribution in [2.75, 3.05) is 0 Å². The molecule has 0 amide bonds. The third-order valence-corrected chi connectivity index (χ3v) is 2.10. The summed E-state index contributed by atoms with van der Waals surface area (Å²) in [5, 5.41) is 0. The van der Waals surface area contributed by atoms with Crippen LogP contribution in [0.25, 0.3) is 0 Å². The highest BCUT2D eigenvalue weighted by molar-refractivity contribution is 5.32. The zero-order chi connectivity index (χ0) is 8.32. The summed E-state index contributed by atoms with van der Waals surface area (Å²) in [4.78, 5) is 0. The number of hydrogen-bond donors (Lipinski definition) is 0. The van der Waals surface area contributed by atoms with Crippen molar-refractivity contribution in [3.05, 3.63) is 23.8 Å². The Hall–Kier alpha value is -0.520. The lowest BCUT2D eigenvalue weighted by Crippen LogP contribution is -1.97. The van der Waals surface area contributed by atoms with E-state index in [1.54, 1.807) is 0 Å². The largest absolute Gasteiger partial charge is 0.0748 e. The van der Waals surface area contributed by atoms with Crippen LogP contribution in [0.15, 0.2) is 23.8 Å². The first-order valence-corrected chi connectivity index (χ1v) is 4.55. The minimum atomic E-state index is 0.322. The summed E-state index contributed by atoms with van der Waals surface area (Å²) in [7, 11) is 0. The molecule has 0 heteroatoms. The standard InChI is InChI=1S/C11H18/c1-4-5-6-10-7-8-11(2,3)9-10/h7-9H,4-6H2,1-3H3. The van der Waals surface area contributed by atoms with E-state index in [-0.39, 0.29) is 0 Å². The maximum atomic E-state index is 2.38. The summed E-state index contributed by atoms with van der Waals surface area (Å²) in [5.41, 5.74) is 1.85. The lowest BCUT2D eigenvalue weighted by Gasteiger charge is -2.09. The monoisotopic (exact) mass is 150 g/mol. The molecular weight excluding hydrogens is 132 g/mol. The van der Waals surface area contributed by atoms with Gasteiger partial charge in [0, 0.05) is 5.41 Å². The summed E-state index contributed by atoms with van der Waals surface area (Å²) in [6, 6.07) is 0. The SMILES string of the molecule is CCCCC1=CC(C)(C)C=C1. The Morgan fingerprint density at radius 1 is 1.36 bits per heavy atom.